The smallest absolute Gasteiger partial charge is 0.416 e. The third-order valence-electron chi connectivity index (χ3n) is 6.80. The van der Waals surface area contributed by atoms with Gasteiger partial charge in [0.2, 0.25) is 5.91 Å². The molecule has 0 aliphatic carbocycles. The average molecular weight is 486 g/mol. The molecule has 0 aromatic heterocycles. The van der Waals surface area contributed by atoms with E-state index in [1.165, 1.54) is 18.1 Å². The Labute approximate surface area is 198 Å². The number of carbonyl (C=O) groups excluding carboxylic acids is 2. The molecule has 2 heterocycles. The minimum absolute atomic E-state index is 0.102. The van der Waals surface area contributed by atoms with E-state index < -0.39 is 29.4 Å². The Bertz CT molecular complexity index is 852. The van der Waals surface area contributed by atoms with Gasteiger partial charge in [-0.2, -0.15) is 13.2 Å². The first kappa shape index (κ1) is 26.3. The fourth-order valence-corrected chi connectivity index (χ4v) is 4.61. The second kappa shape index (κ2) is 10.9. The molecule has 2 aliphatic heterocycles. The standard InChI is InChI=1S/C24H34F3N3O4/c1-23(33)9-13-28(14-10-23)11-4-7-20(22(32)34-2)30-16-15-29(12-8-21(30)31)19-6-3-5-18(17-19)24(25,26)27/h3,5-6,17,20,33H,4,7-16H2,1-2H3. The van der Waals surface area contributed by atoms with Gasteiger partial charge in [0.15, 0.2) is 0 Å². The number of ether oxygens (including phenoxy) is 1. The lowest BCUT2D eigenvalue weighted by atomic mass is 9.93. The van der Waals surface area contributed by atoms with E-state index in [2.05, 4.69) is 4.90 Å². The van der Waals surface area contributed by atoms with Crippen LogP contribution in [0, 0.1) is 0 Å². The molecular formula is C24H34F3N3O4. The largest absolute Gasteiger partial charge is 0.467 e. The molecule has 190 valence electrons. The van der Waals surface area contributed by atoms with Gasteiger partial charge < -0.3 is 24.5 Å². The van der Waals surface area contributed by atoms with Gasteiger partial charge >= 0.3 is 12.1 Å². The first-order chi connectivity index (χ1) is 16.0. The van der Waals surface area contributed by atoms with Crippen molar-refractivity contribution in [2.75, 3.05) is 51.3 Å². The molecule has 0 bridgehead atoms. The van der Waals surface area contributed by atoms with E-state index in [9.17, 15) is 27.9 Å². The second-order valence-electron chi connectivity index (χ2n) is 9.39. The molecule has 0 saturated carbocycles. The van der Waals surface area contributed by atoms with Crippen molar-refractivity contribution in [3.05, 3.63) is 29.8 Å². The predicted molar refractivity (Wildman–Crippen MR) is 121 cm³/mol. The summed E-state index contributed by atoms with van der Waals surface area (Å²) in [5.74, 6) is -0.693. The molecule has 1 amide bonds. The molecule has 0 radical (unpaired) electrons. The molecule has 2 fully saturated rings. The highest BCUT2D eigenvalue weighted by molar-refractivity contribution is 5.85. The minimum Gasteiger partial charge on any atom is -0.467 e. The Hall–Kier alpha value is -2.33. The van der Waals surface area contributed by atoms with Crippen molar-refractivity contribution >= 4 is 17.6 Å². The predicted octanol–water partition coefficient (Wildman–Crippen LogP) is 2.91. The van der Waals surface area contributed by atoms with Crippen molar-refractivity contribution < 1.29 is 32.6 Å². The number of piperidine rings is 1. The van der Waals surface area contributed by atoms with Gasteiger partial charge in [-0.15, -0.1) is 0 Å². The maximum absolute atomic E-state index is 13.1. The monoisotopic (exact) mass is 485 g/mol. The highest BCUT2D eigenvalue weighted by Crippen LogP contribution is 2.32. The fraction of sp³-hybridized carbons (Fsp3) is 0.667. The van der Waals surface area contributed by atoms with E-state index in [4.69, 9.17) is 4.74 Å². The van der Waals surface area contributed by atoms with Crippen molar-refractivity contribution in [1.82, 2.24) is 9.80 Å². The number of nitrogens with zero attached hydrogens (tertiary/aromatic N) is 3. The molecule has 3 rings (SSSR count). The van der Waals surface area contributed by atoms with Gasteiger partial charge in [-0.1, -0.05) is 6.07 Å². The summed E-state index contributed by atoms with van der Waals surface area (Å²) in [6.07, 6.45) is -1.82. The van der Waals surface area contributed by atoms with E-state index in [1.54, 1.807) is 11.0 Å². The van der Waals surface area contributed by atoms with Crippen molar-refractivity contribution in [1.29, 1.82) is 0 Å². The minimum atomic E-state index is -4.44. The van der Waals surface area contributed by atoms with E-state index in [-0.39, 0.29) is 25.4 Å². The molecule has 1 atom stereocenters. The maximum atomic E-state index is 13.1. The number of rotatable bonds is 7. The molecule has 1 aromatic carbocycles. The van der Waals surface area contributed by atoms with Gasteiger partial charge in [0, 0.05) is 44.8 Å². The van der Waals surface area contributed by atoms with Crippen molar-refractivity contribution in [3.63, 3.8) is 0 Å². The molecule has 7 nitrogen and oxygen atoms in total. The lowest BCUT2D eigenvalue weighted by Crippen LogP contribution is -2.47. The summed E-state index contributed by atoms with van der Waals surface area (Å²) in [6, 6.07) is 4.35. The third kappa shape index (κ3) is 6.85. The zero-order chi connectivity index (χ0) is 24.9. The molecule has 1 aromatic rings. The summed E-state index contributed by atoms with van der Waals surface area (Å²) in [5.41, 5.74) is -0.959. The summed E-state index contributed by atoms with van der Waals surface area (Å²) < 4.78 is 44.3. The van der Waals surface area contributed by atoms with Gasteiger partial charge in [-0.05, 0) is 57.4 Å². The molecular weight excluding hydrogens is 451 g/mol. The van der Waals surface area contributed by atoms with Gasteiger partial charge in [0.05, 0.1) is 18.3 Å². The summed E-state index contributed by atoms with van der Waals surface area (Å²) in [4.78, 5) is 30.9. The summed E-state index contributed by atoms with van der Waals surface area (Å²) >= 11 is 0. The Kier molecular flexibility index (Phi) is 8.46. The Morgan fingerprint density at radius 2 is 1.88 bits per heavy atom. The fourth-order valence-electron chi connectivity index (χ4n) is 4.61. The van der Waals surface area contributed by atoms with Crippen LogP contribution in [0.15, 0.2) is 24.3 Å². The Morgan fingerprint density at radius 3 is 2.53 bits per heavy atom. The van der Waals surface area contributed by atoms with E-state index in [0.29, 0.717) is 37.9 Å². The molecule has 34 heavy (non-hydrogen) atoms. The lowest BCUT2D eigenvalue weighted by Gasteiger charge is -2.36. The van der Waals surface area contributed by atoms with Crippen molar-refractivity contribution in [2.24, 2.45) is 0 Å². The van der Waals surface area contributed by atoms with Gasteiger partial charge in [0.1, 0.15) is 6.04 Å². The van der Waals surface area contributed by atoms with Crippen LogP contribution in [0.25, 0.3) is 0 Å². The van der Waals surface area contributed by atoms with Crippen LogP contribution >= 0.6 is 0 Å². The van der Waals surface area contributed by atoms with Crippen LogP contribution in [0.5, 0.6) is 0 Å². The number of alkyl halides is 3. The zero-order valence-corrected chi connectivity index (χ0v) is 19.8. The normalized spacial score (nSPS) is 20.7. The van der Waals surface area contributed by atoms with E-state index >= 15 is 0 Å². The van der Waals surface area contributed by atoms with Gasteiger partial charge in [-0.25, -0.2) is 4.79 Å². The molecule has 2 aliphatic rings. The van der Waals surface area contributed by atoms with Crippen LogP contribution < -0.4 is 4.90 Å². The van der Waals surface area contributed by atoms with Gasteiger partial charge in [0.25, 0.3) is 0 Å². The second-order valence-corrected chi connectivity index (χ2v) is 9.39. The quantitative estimate of drug-likeness (QED) is 0.599. The number of halogens is 3. The first-order valence-electron chi connectivity index (χ1n) is 11.7. The summed E-state index contributed by atoms with van der Waals surface area (Å²) in [6.45, 7) is 4.98. The van der Waals surface area contributed by atoms with Gasteiger partial charge in [-0.3, -0.25) is 4.79 Å². The number of carbonyl (C=O) groups is 2. The number of anilines is 1. The number of hydrogen-bond donors (Lipinski definition) is 1. The maximum Gasteiger partial charge on any atom is 0.416 e. The van der Waals surface area contributed by atoms with Crippen LogP contribution in [0.2, 0.25) is 0 Å². The zero-order valence-electron chi connectivity index (χ0n) is 19.8. The number of benzene rings is 1. The highest BCUT2D eigenvalue weighted by Gasteiger charge is 2.34. The topological polar surface area (TPSA) is 73.3 Å². The SMILES string of the molecule is COC(=O)C(CCCN1CCC(C)(O)CC1)N1CCN(c2cccc(C(F)(F)F)c2)CCC1=O. The average Bonchev–Trinajstić information content (AvgIpc) is 2.98. The number of likely N-dealkylation sites (tertiary alicyclic amines) is 1. The third-order valence-corrected chi connectivity index (χ3v) is 6.80. The highest BCUT2D eigenvalue weighted by atomic mass is 19.4. The summed E-state index contributed by atoms with van der Waals surface area (Å²) in [7, 11) is 1.29. The molecule has 10 heteroatoms. The van der Waals surface area contributed by atoms with Crippen LogP contribution in [-0.2, 0) is 20.5 Å². The van der Waals surface area contributed by atoms with E-state index in [1.807, 2.05) is 6.92 Å². The number of esters is 1. The summed E-state index contributed by atoms with van der Waals surface area (Å²) in [5, 5.41) is 10.1. The van der Waals surface area contributed by atoms with Crippen molar-refractivity contribution in [3.8, 4) is 0 Å². The number of amides is 1. The lowest BCUT2D eigenvalue weighted by molar-refractivity contribution is -0.153. The molecule has 0 spiro atoms. The first-order valence-corrected chi connectivity index (χ1v) is 11.7. The molecule has 2 saturated heterocycles. The van der Waals surface area contributed by atoms with Crippen LogP contribution in [0.3, 0.4) is 0 Å². The molecule has 1 unspecified atom stereocenters. The van der Waals surface area contributed by atoms with Crippen LogP contribution in [-0.4, -0.2) is 84.8 Å². The number of methoxy groups -OCH3 is 1. The van der Waals surface area contributed by atoms with E-state index in [0.717, 1.165) is 31.8 Å². The van der Waals surface area contributed by atoms with Crippen LogP contribution in [0.1, 0.15) is 44.6 Å². The number of hydrogen-bond acceptors (Lipinski definition) is 6. The number of aliphatic hydroxyl groups is 1. The Morgan fingerprint density at radius 1 is 1.18 bits per heavy atom. The Balaban J connectivity index is 1.62. The van der Waals surface area contributed by atoms with Crippen molar-refractivity contribution in [2.45, 2.75) is 56.8 Å². The molecule has 1 N–H and O–H groups in total. The van der Waals surface area contributed by atoms with Crippen LogP contribution in [0.4, 0.5) is 18.9 Å².